The van der Waals surface area contributed by atoms with Crippen molar-refractivity contribution in [2.75, 3.05) is 5.32 Å². The first kappa shape index (κ1) is 19.3. The molecular weight excluding hydrogens is 416 g/mol. The van der Waals surface area contributed by atoms with Crippen LogP contribution in [0, 0.1) is 0 Å². The average molecular weight is 429 g/mol. The first-order chi connectivity index (χ1) is 13.9. The number of hydrogen-bond donors (Lipinski definition) is 2. The Morgan fingerprint density at radius 3 is 2.07 bits per heavy atom. The number of anilines is 1. The average Bonchev–Trinajstić information content (AvgIpc) is 2.70. The molecule has 0 spiro atoms. The number of carbonyl (C=O) groups excluding carboxylic acids is 2. The van der Waals surface area contributed by atoms with Crippen molar-refractivity contribution in [3.05, 3.63) is 71.8 Å². The highest BCUT2D eigenvalue weighted by Gasteiger charge is 2.33. The van der Waals surface area contributed by atoms with Gasteiger partial charge in [-0.1, -0.05) is 36.0 Å². The van der Waals surface area contributed by atoms with E-state index in [-0.39, 0.29) is 5.11 Å². The van der Waals surface area contributed by atoms with Gasteiger partial charge >= 0.3 is 0 Å². The second-order valence-corrected chi connectivity index (χ2v) is 7.60. The molecule has 0 saturated heterocycles. The van der Waals surface area contributed by atoms with Gasteiger partial charge in [0.1, 0.15) is 0 Å². The lowest BCUT2D eigenvalue weighted by molar-refractivity contribution is 0.0568. The Kier molecular flexibility index (Phi) is 5.16. The van der Waals surface area contributed by atoms with Crippen LogP contribution in [0.4, 0.5) is 14.5 Å². The monoisotopic (exact) mass is 429 g/mol. The van der Waals surface area contributed by atoms with E-state index in [9.17, 15) is 18.4 Å². The fourth-order valence-electron chi connectivity index (χ4n) is 3.11. The molecule has 2 N–H and O–H groups in total. The van der Waals surface area contributed by atoms with E-state index in [1.54, 1.807) is 36.4 Å². The molecule has 1 aliphatic heterocycles. The second-order valence-electron chi connectivity index (χ2n) is 6.12. The Morgan fingerprint density at radius 1 is 0.931 bits per heavy atom. The highest BCUT2D eigenvalue weighted by atomic mass is 32.2. The molecule has 0 atom stereocenters. The van der Waals surface area contributed by atoms with Gasteiger partial charge in [0.05, 0.1) is 11.1 Å². The van der Waals surface area contributed by atoms with Crippen LogP contribution in [0.25, 0.3) is 10.8 Å². The predicted molar refractivity (Wildman–Crippen MR) is 112 cm³/mol. The number of thiocarbonyl (C=S) groups is 1. The molecule has 0 unspecified atom stereocenters. The summed E-state index contributed by atoms with van der Waals surface area (Å²) in [5.74, 6) is -3.51. The SMILES string of the molecule is O=C1c2cccc3cccc(c23)C(=O)N1NC(=S)Nc1ccc(SC(F)F)cc1. The Bertz CT molecular complexity index is 1090. The molecule has 9 heteroatoms. The summed E-state index contributed by atoms with van der Waals surface area (Å²) in [5.41, 5.74) is 3.96. The molecule has 0 fully saturated rings. The van der Waals surface area contributed by atoms with Crippen LogP contribution in [-0.2, 0) is 0 Å². The van der Waals surface area contributed by atoms with Crippen LogP contribution in [0.2, 0.25) is 0 Å². The van der Waals surface area contributed by atoms with E-state index in [1.807, 2.05) is 12.1 Å². The summed E-state index contributed by atoms with van der Waals surface area (Å²) in [6.45, 7) is 0. The lowest BCUT2D eigenvalue weighted by Crippen LogP contribution is -2.52. The Hall–Kier alpha value is -3.04. The van der Waals surface area contributed by atoms with Gasteiger partial charge in [-0.3, -0.25) is 15.0 Å². The minimum Gasteiger partial charge on any atom is -0.331 e. The van der Waals surface area contributed by atoms with Gasteiger partial charge in [-0.25, -0.2) is 0 Å². The number of hydrogen-bond acceptors (Lipinski definition) is 4. The van der Waals surface area contributed by atoms with E-state index in [2.05, 4.69) is 10.7 Å². The van der Waals surface area contributed by atoms with Crippen molar-refractivity contribution in [3.8, 4) is 0 Å². The summed E-state index contributed by atoms with van der Waals surface area (Å²) < 4.78 is 24.8. The number of thioether (sulfide) groups is 1. The van der Waals surface area contributed by atoms with Gasteiger partial charge in [-0.15, -0.1) is 0 Å². The number of hydrazine groups is 1. The highest BCUT2D eigenvalue weighted by Crippen LogP contribution is 2.29. The fraction of sp³-hybridized carbons (Fsp3) is 0.0500. The van der Waals surface area contributed by atoms with E-state index >= 15 is 0 Å². The van der Waals surface area contributed by atoms with E-state index in [0.717, 1.165) is 10.4 Å². The molecule has 5 nitrogen and oxygen atoms in total. The largest absolute Gasteiger partial charge is 0.331 e. The maximum absolute atomic E-state index is 12.8. The summed E-state index contributed by atoms with van der Waals surface area (Å²) in [6.07, 6.45) is 0. The van der Waals surface area contributed by atoms with Crippen LogP contribution in [0.15, 0.2) is 65.6 Å². The van der Waals surface area contributed by atoms with E-state index in [0.29, 0.717) is 38.9 Å². The molecule has 0 aliphatic carbocycles. The maximum Gasteiger partial charge on any atom is 0.288 e. The minimum absolute atomic E-state index is 0.0209. The van der Waals surface area contributed by atoms with Crippen molar-refractivity contribution in [2.45, 2.75) is 10.7 Å². The van der Waals surface area contributed by atoms with Crippen molar-refractivity contribution < 1.29 is 18.4 Å². The second kappa shape index (κ2) is 7.76. The summed E-state index contributed by atoms with van der Waals surface area (Å²) in [5, 5.41) is 5.15. The van der Waals surface area contributed by atoms with Gasteiger partial charge in [0, 0.05) is 16.0 Å². The number of benzene rings is 3. The molecule has 2 amide bonds. The van der Waals surface area contributed by atoms with Crippen molar-refractivity contribution in [1.82, 2.24) is 10.4 Å². The van der Waals surface area contributed by atoms with Crippen molar-refractivity contribution in [1.29, 1.82) is 0 Å². The number of alkyl halides is 2. The molecule has 1 heterocycles. The maximum atomic E-state index is 12.8. The minimum atomic E-state index is -2.50. The smallest absolute Gasteiger partial charge is 0.288 e. The lowest BCUT2D eigenvalue weighted by Gasteiger charge is -2.28. The topological polar surface area (TPSA) is 61.4 Å². The zero-order valence-corrected chi connectivity index (χ0v) is 16.3. The molecule has 0 saturated carbocycles. The zero-order chi connectivity index (χ0) is 20.5. The van der Waals surface area contributed by atoms with Gasteiger partial charge in [0.2, 0.25) is 0 Å². The molecule has 1 aliphatic rings. The first-order valence-electron chi connectivity index (χ1n) is 8.47. The van der Waals surface area contributed by atoms with Gasteiger partial charge in [0.15, 0.2) is 5.11 Å². The van der Waals surface area contributed by atoms with Crippen LogP contribution in [0.5, 0.6) is 0 Å². The summed E-state index contributed by atoms with van der Waals surface area (Å²) >= 11 is 5.65. The van der Waals surface area contributed by atoms with Gasteiger partial charge in [0.25, 0.3) is 17.6 Å². The van der Waals surface area contributed by atoms with Crippen molar-refractivity contribution in [2.24, 2.45) is 0 Å². The van der Waals surface area contributed by atoms with Crippen LogP contribution in [-0.4, -0.2) is 27.7 Å². The Labute approximate surface area is 174 Å². The van der Waals surface area contributed by atoms with Crippen LogP contribution in [0.1, 0.15) is 20.7 Å². The number of rotatable bonds is 4. The number of amides is 2. The quantitative estimate of drug-likeness (QED) is 0.358. The van der Waals surface area contributed by atoms with Crippen molar-refractivity contribution in [3.63, 3.8) is 0 Å². The normalized spacial score (nSPS) is 13.1. The van der Waals surface area contributed by atoms with Gasteiger partial charge in [-0.05, 0) is 54.0 Å². The highest BCUT2D eigenvalue weighted by molar-refractivity contribution is 7.99. The molecule has 0 aromatic heterocycles. The molecule has 0 bridgehead atoms. The Balaban J connectivity index is 1.52. The van der Waals surface area contributed by atoms with Gasteiger partial charge < -0.3 is 5.32 Å². The van der Waals surface area contributed by atoms with Crippen LogP contribution < -0.4 is 10.7 Å². The molecule has 4 rings (SSSR count). The summed E-state index contributed by atoms with van der Waals surface area (Å²) in [7, 11) is 0. The number of nitrogens with zero attached hydrogens (tertiary/aromatic N) is 1. The summed E-state index contributed by atoms with van der Waals surface area (Å²) in [4.78, 5) is 26.1. The predicted octanol–water partition coefficient (Wildman–Crippen LogP) is 4.65. The van der Waals surface area contributed by atoms with Crippen molar-refractivity contribution >= 4 is 57.4 Å². The third kappa shape index (κ3) is 3.79. The number of imide groups is 1. The van der Waals surface area contributed by atoms with Crippen LogP contribution in [0.3, 0.4) is 0 Å². The van der Waals surface area contributed by atoms with E-state index < -0.39 is 17.6 Å². The number of halogens is 2. The third-order valence-electron chi connectivity index (χ3n) is 4.32. The summed E-state index contributed by atoms with van der Waals surface area (Å²) in [6, 6.07) is 16.7. The lowest BCUT2D eigenvalue weighted by atomic mass is 9.95. The first-order valence-corrected chi connectivity index (χ1v) is 9.76. The van der Waals surface area contributed by atoms with E-state index in [1.165, 1.54) is 12.1 Å². The molecule has 0 radical (unpaired) electrons. The molecule has 3 aromatic rings. The van der Waals surface area contributed by atoms with Crippen LogP contribution >= 0.6 is 24.0 Å². The molecular formula is C20H13F2N3O2S2. The number of nitrogens with one attached hydrogen (secondary N) is 2. The van der Waals surface area contributed by atoms with Gasteiger partial charge in [-0.2, -0.15) is 13.8 Å². The standard InChI is InChI=1S/C20H13F2N3O2S2/c21-19(22)29-13-9-7-12(8-10-13)23-20(28)24-25-17(26)14-5-1-3-11-4-2-6-15(16(11)14)18(25)27/h1-10,19H,(H2,23,24,28). The molecule has 3 aromatic carbocycles. The molecule has 146 valence electrons. The number of carbonyl (C=O) groups is 2. The molecule has 29 heavy (non-hydrogen) atoms. The third-order valence-corrected chi connectivity index (χ3v) is 5.24. The zero-order valence-electron chi connectivity index (χ0n) is 14.7. The Morgan fingerprint density at radius 2 is 1.52 bits per heavy atom. The van der Waals surface area contributed by atoms with E-state index in [4.69, 9.17) is 12.2 Å². The fourth-order valence-corrected chi connectivity index (χ4v) is 3.82.